The number of rotatable bonds is 8. The number of aromatic nitrogens is 2. The van der Waals surface area contributed by atoms with Crippen LogP contribution in [-0.4, -0.2) is 64.7 Å². The standard InChI is InChI=1S/C20H24BNO3.C14H12BrNO.C12H24B2O4/c1-19(2)20(3,4)25-21(24-19)16-8-10-17(11-9-16)23-18-12-7-15(13-22-18)14-5-6-14;15-12-4-6-13(7-5-12)17-14-8-3-11(9-16-14)10-1-2-10;1-9(2)10(3,4)16-13(15-9)14-17-11(5,6)12(7,8)18-14/h7-14H,5-6H2,1-4H3;3-10H,1-2H2;1-8H3. The number of hydrogen-bond acceptors (Lipinski definition) is 10. The summed E-state index contributed by atoms with van der Waals surface area (Å²) in [5, 5.41) is 0. The molecule has 10 nitrogen and oxygen atoms in total. The van der Waals surface area contributed by atoms with Gasteiger partial charge in [0.2, 0.25) is 11.8 Å². The number of halogens is 1. The largest absolute Gasteiger partial charge is 0.494 e. The molecule has 318 valence electrons. The van der Waals surface area contributed by atoms with E-state index >= 15 is 0 Å². The molecule has 2 aromatic carbocycles. The Morgan fingerprint density at radius 3 is 1.12 bits per heavy atom. The van der Waals surface area contributed by atoms with Crippen LogP contribution in [0.2, 0.25) is 0 Å². The van der Waals surface area contributed by atoms with Gasteiger partial charge in [-0.25, -0.2) is 9.97 Å². The summed E-state index contributed by atoms with van der Waals surface area (Å²) in [5.41, 5.74) is 1.52. The van der Waals surface area contributed by atoms with Crippen LogP contribution in [0, 0.1) is 0 Å². The van der Waals surface area contributed by atoms with Gasteiger partial charge < -0.3 is 37.4 Å². The summed E-state index contributed by atoms with van der Waals surface area (Å²) in [4.78, 5) is 8.73. The molecule has 0 unspecified atom stereocenters. The van der Waals surface area contributed by atoms with Gasteiger partial charge in [0.25, 0.3) is 0 Å². The Balaban J connectivity index is 0.000000140. The molecule has 9 rings (SSSR count). The fourth-order valence-electron chi connectivity index (χ4n) is 6.64. The lowest BCUT2D eigenvalue weighted by Crippen LogP contribution is -2.41. The minimum atomic E-state index is -0.476. The van der Waals surface area contributed by atoms with Gasteiger partial charge in [0, 0.05) is 29.0 Å². The molecule has 0 spiro atoms. The first-order valence-corrected chi connectivity index (χ1v) is 22.0. The van der Waals surface area contributed by atoms with Gasteiger partial charge >= 0.3 is 21.1 Å². The molecule has 0 amide bonds. The van der Waals surface area contributed by atoms with Crippen LogP contribution in [0.1, 0.15) is 132 Å². The van der Waals surface area contributed by atoms with Crippen molar-refractivity contribution in [2.24, 2.45) is 0 Å². The van der Waals surface area contributed by atoms with Gasteiger partial charge in [-0.05, 0) is 174 Å². The van der Waals surface area contributed by atoms with Crippen LogP contribution in [0.5, 0.6) is 23.3 Å². The van der Waals surface area contributed by atoms with E-state index in [0.717, 1.165) is 27.4 Å². The lowest BCUT2D eigenvalue weighted by molar-refractivity contribution is 0.00578. The second-order valence-electron chi connectivity index (χ2n) is 19.5. The van der Waals surface area contributed by atoms with E-state index in [9.17, 15) is 0 Å². The van der Waals surface area contributed by atoms with Gasteiger partial charge in [-0.3, -0.25) is 0 Å². The highest BCUT2D eigenvalue weighted by Gasteiger charge is 2.63. The first kappa shape index (κ1) is 44.8. The fraction of sp³-hybridized carbons (Fsp3) is 0.522. The average Bonchev–Trinajstić information content (AvgIpc) is 4.11. The third-order valence-electron chi connectivity index (χ3n) is 13.0. The monoisotopic (exact) mass is 880 g/mol. The summed E-state index contributed by atoms with van der Waals surface area (Å²) in [7, 11) is -1.30. The Hall–Kier alpha value is -3.23. The third-order valence-corrected chi connectivity index (χ3v) is 13.6. The van der Waals surface area contributed by atoms with Gasteiger partial charge in [-0.2, -0.15) is 0 Å². The van der Waals surface area contributed by atoms with E-state index in [1.165, 1.54) is 36.8 Å². The van der Waals surface area contributed by atoms with Crippen LogP contribution in [-0.2, 0) is 27.9 Å². The SMILES string of the molecule is Brc1ccc(Oc2ccc(C3CC3)cn2)cc1.CC1(C)OB(B2OC(C)(C)C(C)(C)O2)OC1(C)C.CC1(C)OB(c2ccc(Oc3ccc(C4CC4)cn3)cc2)OC1(C)C. The highest BCUT2D eigenvalue weighted by atomic mass is 79.9. The van der Waals surface area contributed by atoms with E-state index in [1.807, 2.05) is 128 Å². The van der Waals surface area contributed by atoms with Crippen molar-refractivity contribution in [2.75, 3.05) is 0 Å². The normalized spacial score (nSPS) is 22.6. The molecular weight excluding hydrogens is 821 g/mol. The maximum absolute atomic E-state index is 6.07. The lowest BCUT2D eigenvalue weighted by atomic mass is 9.49. The quantitative estimate of drug-likeness (QED) is 0.159. The molecular formula is C46H60B3BrN2O8. The van der Waals surface area contributed by atoms with Crippen LogP contribution in [0.3, 0.4) is 0 Å². The zero-order chi connectivity index (χ0) is 43.3. The van der Waals surface area contributed by atoms with Crippen molar-refractivity contribution in [1.29, 1.82) is 0 Å². The molecule has 5 fully saturated rings. The number of nitrogens with zero attached hydrogens (tertiary/aromatic N) is 2. The summed E-state index contributed by atoms with van der Waals surface area (Å²) in [5.74, 6) is 4.28. The maximum atomic E-state index is 6.07. The van der Waals surface area contributed by atoms with Crippen LogP contribution in [0.4, 0.5) is 0 Å². The molecule has 2 aliphatic carbocycles. The summed E-state index contributed by atoms with van der Waals surface area (Å²) in [6.07, 6.45) is 9.01. The summed E-state index contributed by atoms with van der Waals surface area (Å²) >= 11 is 3.39. The Morgan fingerprint density at radius 1 is 0.467 bits per heavy atom. The van der Waals surface area contributed by atoms with E-state index < -0.39 is 14.0 Å². The molecule has 5 heterocycles. The summed E-state index contributed by atoms with van der Waals surface area (Å²) < 4.78 is 48.5. The first-order chi connectivity index (χ1) is 28.0. The van der Waals surface area contributed by atoms with E-state index in [4.69, 9.17) is 37.4 Å². The summed E-state index contributed by atoms with van der Waals surface area (Å²) in [6.45, 7) is 24.4. The smallest absolute Gasteiger partial charge is 0.439 e. The molecule has 2 aromatic heterocycles. The van der Waals surface area contributed by atoms with Crippen LogP contribution < -0.4 is 14.9 Å². The molecule has 4 aromatic rings. The predicted octanol–water partition coefficient (Wildman–Crippen LogP) is 10.8. The average molecular weight is 881 g/mol. The van der Waals surface area contributed by atoms with Crippen molar-refractivity contribution < 1.29 is 37.4 Å². The zero-order valence-corrected chi connectivity index (χ0v) is 38.9. The second-order valence-corrected chi connectivity index (χ2v) is 20.4. The van der Waals surface area contributed by atoms with Crippen molar-refractivity contribution in [3.8, 4) is 23.3 Å². The van der Waals surface area contributed by atoms with Crippen molar-refractivity contribution in [3.05, 3.63) is 101 Å². The van der Waals surface area contributed by atoms with Crippen molar-refractivity contribution >= 4 is 42.5 Å². The molecule has 5 aliphatic rings. The van der Waals surface area contributed by atoms with Gasteiger partial charge in [0.05, 0.1) is 33.6 Å². The molecule has 60 heavy (non-hydrogen) atoms. The first-order valence-electron chi connectivity index (χ1n) is 21.2. The Labute approximate surface area is 366 Å². The van der Waals surface area contributed by atoms with Crippen molar-refractivity contribution in [3.63, 3.8) is 0 Å². The van der Waals surface area contributed by atoms with E-state index in [-0.39, 0.29) is 40.7 Å². The molecule has 3 saturated heterocycles. The highest BCUT2D eigenvalue weighted by Crippen LogP contribution is 2.44. The zero-order valence-electron chi connectivity index (χ0n) is 37.3. The Kier molecular flexibility index (Phi) is 12.6. The highest BCUT2D eigenvalue weighted by molar-refractivity contribution is 9.10. The van der Waals surface area contributed by atoms with Gasteiger partial charge in [0.15, 0.2) is 0 Å². The second kappa shape index (κ2) is 16.8. The molecule has 0 bridgehead atoms. The predicted molar refractivity (Wildman–Crippen MR) is 241 cm³/mol. The van der Waals surface area contributed by atoms with Gasteiger partial charge in [0.1, 0.15) is 11.5 Å². The molecule has 0 radical (unpaired) electrons. The number of hydrogen-bond donors (Lipinski definition) is 0. The minimum Gasteiger partial charge on any atom is -0.439 e. The third kappa shape index (κ3) is 10.3. The number of benzene rings is 2. The van der Waals surface area contributed by atoms with E-state index in [0.29, 0.717) is 17.7 Å². The van der Waals surface area contributed by atoms with Crippen LogP contribution in [0.15, 0.2) is 89.7 Å². The molecule has 0 N–H and O–H groups in total. The Bertz CT molecular complexity index is 1990. The maximum Gasteiger partial charge on any atom is 0.494 e. The van der Waals surface area contributed by atoms with Gasteiger partial charge in [-0.15, -0.1) is 0 Å². The molecule has 2 saturated carbocycles. The van der Waals surface area contributed by atoms with E-state index in [1.54, 1.807) is 0 Å². The molecule has 3 aliphatic heterocycles. The molecule has 0 atom stereocenters. The summed E-state index contributed by atoms with van der Waals surface area (Å²) in [6, 6.07) is 23.7. The van der Waals surface area contributed by atoms with Crippen LogP contribution >= 0.6 is 15.9 Å². The Morgan fingerprint density at radius 2 is 0.800 bits per heavy atom. The van der Waals surface area contributed by atoms with Crippen molar-refractivity contribution in [1.82, 2.24) is 9.97 Å². The topological polar surface area (TPSA) is 99.6 Å². The fourth-order valence-corrected chi connectivity index (χ4v) is 6.90. The lowest BCUT2D eigenvalue weighted by Gasteiger charge is -2.32. The number of ether oxygens (including phenoxy) is 2. The van der Waals surface area contributed by atoms with E-state index in [2.05, 4.69) is 65.7 Å². The minimum absolute atomic E-state index is 0.333. The van der Waals surface area contributed by atoms with Gasteiger partial charge in [-0.1, -0.05) is 40.2 Å². The van der Waals surface area contributed by atoms with Crippen LogP contribution in [0.25, 0.3) is 0 Å². The van der Waals surface area contributed by atoms with Crippen molar-refractivity contribution in [2.45, 2.75) is 154 Å². The number of pyridine rings is 2. The molecule has 14 heteroatoms.